The molecule has 0 aliphatic carbocycles. The van der Waals surface area contributed by atoms with E-state index < -0.39 is 41.0 Å². The molecular formula is C26H24F2N4O3S. The number of hydrogen-bond donors (Lipinski definition) is 4. The van der Waals surface area contributed by atoms with Crippen LogP contribution in [0.2, 0.25) is 0 Å². The van der Waals surface area contributed by atoms with Crippen LogP contribution >= 0.6 is 11.3 Å². The van der Waals surface area contributed by atoms with Gasteiger partial charge < -0.3 is 15.7 Å². The Kier molecular flexibility index (Phi) is 7.27. The summed E-state index contributed by atoms with van der Waals surface area (Å²) in [7, 11) is 0. The number of carbonyl (C=O) groups is 2. The summed E-state index contributed by atoms with van der Waals surface area (Å²) >= 11 is 1.23. The van der Waals surface area contributed by atoms with Crippen molar-refractivity contribution in [3.8, 4) is 0 Å². The Morgan fingerprint density at radius 2 is 1.69 bits per heavy atom. The summed E-state index contributed by atoms with van der Waals surface area (Å²) in [6, 6.07) is 16.0. The maximum atomic E-state index is 13.5. The maximum Gasteiger partial charge on any atom is 0.254 e. The van der Waals surface area contributed by atoms with E-state index in [0.29, 0.717) is 10.9 Å². The first-order valence-corrected chi connectivity index (χ1v) is 11.9. The molecule has 0 fully saturated rings. The molecule has 0 spiro atoms. The fourth-order valence-electron chi connectivity index (χ4n) is 3.74. The smallest absolute Gasteiger partial charge is 0.254 e. The Morgan fingerprint density at radius 3 is 2.33 bits per heavy atom. The number of aromatic amines is 1. The summed E-state index contributed by atoms with van der Waals surface area (Å²) in [4.78, 5) is 26.4. The first kappa shape index (κ1) is 25.2. The lowest BCUT2D eigenvalue weighted by Gasteiger charge is -2.23. The van der Waals surface area contributed by atoms with E-state index >= 15 is 0 Å². The van der Waals surface area contributed by atoms with E-state index in [9.17, 15) is 23.5 Å². The molecule has 0 unspecified atom stereocenters. The van der Waals surface area contributed by atoms with Gasteiger partial charge in [-0.25, -0.2) is 8.78 Å². The average molecular weight is 511 g/mol. The van der Waals surface area contributed by atoms with Gasteiger partial charge in [0.15, 0.2) is 11.9 Å². The van der Waals surface area contributed by atoms with Gasteiger partial charge in [0, 0.05) is 28.1 Å². The number of nitrogens with zero attached hydrogens (tertiary/aromatic N) is 1. The molecule has 4 aromatic rings. The van der Waals surface area contributed by atoms with Crippen LogP contribution in [0.25, 0.3) is 0 Å². The lowest BCUT2D eigenvalue weighted by molar-refractivity contribution is -0.133. The molecule has 2 atom stereocenters. The molecule has 2 aromatic carbocycles. The third-order valence-corrected chi connectivity index (χ3v) is 6.76. The Hall–Kier alpha value is -3.89. The van der Waals surface area contributed by atoms with E-state index in [4.69, 9.17) is 0 Å². The van der Waals surface area contributed by atoms with Crippen molar-refractivity contribution >= 4 is 29.0 Å². The number of aromatic nitrogens is 2. The Bertz CT molecular complexity index is 1340. The third-order valence-electron chi connectivity index (χ3n) is 5.82. The van der Waals surface area contributed by atoms with Crippen molar-refractivity contribution < 1.29 is 23.5 Å². The van der Waals surface area contributed by atoms with Gasteiger partial charge in [0.2, 0.25) is 0 Å². The monoisotopic (exact) mass is 510 g/mol. The first-order chi connectivity index (χ1) is 17.1. The highest BCUT2D eigenvalue weighted by Gasteiger charge is 2.30. The number of amides is 2. The Labute approximate surface area is 210 Å². The molecule has 0 saturated carbocycles. The van der Waals surface area contributed by atoms with Crippen molar-refractivity contribution in [2.45, 2.75) is 31.4 Å². The van der Waals surface area contributed by atoms with Crippen molar-refractivity contribution in [3.63, 3.8) is 0 Å². The molecule has 2 amide bonds. The van der Waals surface area contributed by atoms with Crippen LogP contribution in [0.3, 0.4) is 0 Å². The Balaban J connectivity index is 1.52. The molecule has 0 saturated heterocycles. The highest BCUT2D eigenvalue weighted by atomic mass is 32.1. The summed E-state index contributed by atoms with van der Waals surface area (Å²) in [5.74, 6) is -3.20. The number of thiophene rings is 1. The largest absolute Gasteiger partial charge is 0.378 e. The summed E-state index contributed by atoms with van der Waals surface area (Å²) in [5, 5.41) is 24.4. The zero-order valence-electron chi connectivity index (χ0n) is 19.5. The predicted molar refractivity (Wildman–Crippen MR) is 132 cm³/mol. The molecule has 0 radical (unpaired) electrons. The van der Waals surface area contributed by atoms with E-state index in [1.54, 1.807) is 23.6 Å². The second kappa shape index (κ2) is 10.4. The van der Waals surface area contributed by atoms with Crippen LogP contribution in [0.5, 0.6) is 0 Å². The van der Waals surface area contributed by atoms with Crippen LogP contribution in [0.1, 0.15) is 47.7 Å². The van der Waals surface area contributed by atoms with Crippen LogP contribution in [-0.4, -0.2) is 27.1 Å². The van der Waals surface area contributed by atoms with Crippen molar-refractivity contribution in [1.82, 2.24) is 15.5 Å². The second-order valence-electron chi connectivity index (χ2n) is 8.71. The van der Waals surface area contributed by atoms with E-state index in [0.717, 1.165) is 23.4 Å². The molecule has 4 N–H and O–H groups in total. The van der Waals surface area contributed by atoms with Crippen LogP contribution in [0.15, 0.2) is 72.1 Å². The lowest BCUT2D eigenvalue weighted by atomic mass is 9.82. The molecule has 0 aliphatic rings. The molecular weight excluding hydrogens is 486 g/mol. The van der Waals surface area contributed by atoms with Crippen LogP contribution in [0, 0.1) is 11.6 Å². The second-order valence-corrected chi connectivity index (χ2v) is 9.69. The highest BCUT2D eigenvalue weighted by Crippen LogP contribution is 2.31. The van der Waals surface area contributed by atoms with E-state index in [1.807, 2.05) is 44.2 Å². The van der Waals surface area contributed by atoms with Crippen LogP contribution < -0.4 is 10.6 Å². The van der Waals surface area contributed by atoms with Gasteiger partial charge in [0.05, 0.1) is 0 Å². The number of halogens is 2. The van der Waals surface area contributed by atoms with E-state index in [1.165, 1.54) is 11.3 Å². The number of hydrogen-bond acceptors (Lipinski definition) is 5. The molecule has 36 heavy (non-hydrogen) atoms. The molecule has 7 nitrogen and oxygen atoms in total. The van der Waals surface area contributed by atoms with E-state index in [2.05, 4.69) is 20.8 Å². The van der Waals surface area contributed by atoms with Gasteiger partial charge in [-0.3, -0.25) is 14.7 Å². The SMILES string of the molecule is CC(C)(c1ccccc1)c1cc(NC(=O)[C@@H](NC(=O)[C@@H](O)c2cc(F)cc(F)c2)c2cccs2)n[nH]1. The summed E-state index contributed by atoms with van der Waals surface area (Å²) in [6.45, 7) is 4.04. The van der Waals surface area contributed by atoms with Crippen molar-refractivity contribution in [2.75, 3.05) is 5.32 Å². The highest BCUT2D eigenvalue weighted by molar-refractivity contribution is 7.10. The van der Waals surface area contributed by atoms with Gasteiger partial charge in [-0.1, -0.05) is 50.2 Å². The lowest BCUT2D eigenvalue weighted by Crippen LogP contribution is -2.39. The molecule has 0 aliphatic heterocycles. The number of aliphatic hydroxyl groups excluding tert-OH is 1. The third kappa shape index (κ3) is 5.50. The standard InChI is InChI=1S/C26H24F2N4O3S/c1-26(2,16-7-4-3-5-8-16)20-14-21(32-31-20)29-24(34)22(19-9-6-10-36-19)30-25(35)23(33)15-11-17(27)13-18(28)12-15/h3-14,22-23,33H,1-2H3,(H,30,35)(H2,29,31,32,34)/t22-,23-/m0/s1. The fourth-order valence-corrected chi connectivity index (χ4v) is 4.52. The maximum absolute atomic E-state index is 13.5. The molecule has 10 heteroatoms. The molecule has 0 bridgehead atoms. The molecule has 4 rings (SSSR count). The van der Waals surface area contributed by atoms with Gasteiger partial charge in [0.25, 0.3) is 11.8 Å². The molecule has 186 valence electrons. The van der Waals surface area contributed by atoms with Crippen LogP contribution in [-0.2, 0) is 15.0 Å². The van der Waals surface area contributed by atoms with E-state index in [-0.39, 0.29) is 11.4 Å². The normalized spacial score (nSPS) is 13.1. The van der Waals surface area contributed by atoms with Gasteiger partial charge in [0.1, 0.15) is 17.7 Å². The average Bonchev–Trinajstić information content (AvgIpc) is 3.54. The number of rotatable bonds is 8. The van der Waals surface area contributed by atoms with Crippen molar-refractivity contribution in [2.24, 2.45) is 0 Å². The number of nitrogens with one attached hydrogen (secondary N) is 3. The Morgan fingerprint density at radius 1 is 1.00 bits per heavy atom. The van der Waals surface area contributed by atoms with Crippen LogP contribution in [0.4, 0.5) is 14.6 Å². The number of carbonyl (C=O) groups excluding carboxylic acids is 2. The fraction of sp³-hybridized carbons (Fsp3) is 0.192. The number of H-pyrrole nitrogens is 1. The number of benzene rings is 2. The predicted octanol–water partition coefficient (Wildman–Crippen LogP) is 4.60. The number of aliphatic hydroxyl groups is 1. The zero-order chi connectivity index (χ0) is 25.9. The minimum Gasteiger partial charge on any atom is -0.378 e. The van der Waals surface area contributed by atoms with Gasteiger partial charge >= 0.3 is 0 Å². The summed E-state index contributed by atoms with van der Waals surface area (Å²) < 4.78 is 27.1. The van der Waals surface area contributed by atoms with Gasteiger partial charge in [-0.2, -0.15) is 5.10 Å². The van der Waals surface area contributed by atoms with Crippen molar-refractivity contribution in [3.05, 3.63) is 105 Å². The summed E-state index contributed by atoms with van der Waals surface area (Å²) in [5.41, 5.74) is 1.14. The van der Waals surface area contributed by atoms with Crippen molar-refractivity contribution in [1.29, 1.82) is 0 Å². The minimum atomic E-state index is -1.88. The number of anilines is 1. The topological polar surface area (TPSA) is 107 Å². The molecule has 2 aromatic heterocycles. The quantitative estimate of drug-likeness (QED) is 0.278. The zero-order valence-corrected chi connectivity index (χ0v) is 20.3. The minimum absolute atomic E-state index is 0.252. The first-order valence-electron chi connectivity index (χ1n) is 11.1. The van der Waals surface area contributed by atoms with Gasteiger partial charge in [-0.05, 0) is 34.7 Å². The van der Waals surface area contributed by atoms with Gasteiger partial charge in [-0.15, -0.1) is 11.3 Å². The molecule has 2 heterocycles. The summed E-state index contributed by atoms with van der Waals surface area (Å²) in [6.07, 6.45) is -1.88.